The zero-order valence-electron chi connectivity index (χ0n) is 16.4. The molecule has 0 spiro atoms. The number of nitrogens with zero attached hydrogens (tertiary/aromatic N) is 1. The van der Waals surface area contributed by atoms with E-state index in [2.05, 4.69) is 4.85 Å². The molecule has 4 aromatic carbocycles. The van der Waals surface area contributed by atoms with Gasteiger partial charge in [-0.15, -0.1) is 0 Å². The van der Waals surface area contributed by atoms with Gasteiger partial charge in [0.15, 0.2) is 5.69 Å². The van der Waals surface area contributed by atoms with Crippen LogP contribution in [0.4, 0.5) is 14.5 Å². The lowest BCUT2D eigenvalue weighted by Gasteiger charge is -2.11. The highest BCUT2D eigenvalue weighted by Gasteiger charge is 2.07. The quantitative estimate of drug-likeness (QED) is 0.245. The SMILES string of the molecule is [C-]#[N+]c1ccc(-c2ccc(OCOc3ccc(-c4ccc(F)cc4)c(F)c3)cc2)cc1. The summed E-state index contributed by atoms with van der Waals surface area (Å²) in [5.41, 5.74) is 3.57. The van der Waals surface area contributed by atoms with Crippen molar-refractivity contribution < 1.29 is 18.3 Å². The van der Waals surface area contributed by atoms with Crippen LogP contribution in [0.3, 0.4) is 0 Å². The summed E-state index contributed by atoms with van der Waals surface area (Å²) in [4.78, 5) is 3.39. The lowest BCUT2D eigenvalue weighted by atomic mass is 10.1. The molecule has 0 atom stereocenters. The van der Waals surface area contributed by atoms with Gasteiger partial charge in [-0.3, -0.25) is 0 Å². The van der Waals surface area contributed by atoms with E-state index in [1.807, 2.05) is 36.4 Å². The zero-order valence-corrected chi connectivity index (χ0v) is 16.4. The first kappa shape index (κ1) is 20.1. The molecule has 0 heterocycles. The van der Waals surface area contributed by atoms with Crippen LogP contribution in [-0.2, 0) is 0 Å². The molecule has 0 aliphatic heterocycles. The normalized spacial score (nSPS) is 10.4. The van der Waals surface area contributed by atoms with Crippen LogP contribution in [-0.4, -0.2) is 6.79 Å². The van der Waals surface area contributed by atoms with Gasteiger partial charge in [0.25, 0.3) is 0 Å². The first-order valence-electron chi connectivity index (χ1n) is 9.51. The number of rotatable bonds is 6. The number of halogens is 2. The van der Waals surface area contributed by atoms with Crippen molar-refractivity contribution in [3.8, 4) is 33.8 Å². The second-order valence-corrected chi connectivity index (χ2v) is 6.74. The van der Waals surface area contributed by atoms with Gasteiger partial charge in [-0.1, -0.05) is 48.5 Å². The molecule has 3 nitrogen and oxygen atoms in total. The van der Waals surface area contributed by atoms with Gasteiger partial charge in [0.2, 0.25) is 6.79 Å². The van der Waals surface area contributed by atoms with Gasteiger partial charge in [0, 0.05) is 11.6 Å². The van der Waals surface area contributed by atoms with Crippen LogP contribution in [0.2, 0.25) is 0 Å². The molecule has 0 radical (unpaired) electrons. The molecule has 0 unspecified atom stereocenters. The Bertz CT molecular complexity index is 1210. The highest BCUT2D eigenvalue weighted by molar-refractivity contribution is 5.67. The van der Waals surface area contributed by atoms with E-state index in [1.165, 1.54) is 30.3 Å². The second-order valence-electron chi connectivity index (χ2n) is 6.74. The Kier molecular flexibility index (Phi) is 5.91. The molecule has 152 valence electrons. The molecule has 4 aromatic rings. The lowest BCUT2D eigenvalue weighted by Crippen LogP contribution is -2.05. The summed E-state index contributed by atoms with van der Waals surface area (Å²) in [5.74, 6) is 0.120. The lowest BCUT2D eigenvalue weighted by molar-refractivity contribution is 0.119. The Hall–Kier alpha value is -4.17. The van der Waals surface area contributed by atoms with Crippen molar-refractivity contribution in [3.05, 3.63) is 114 Å². The molecule has 0 saturated carbocycles. The first-order valence-corrected chi connectivity index (χ1v) is 9.51. The van der Waals surface area contributed by atoms with Gasteiger partial charge in [-0.05, 0) is 53.1 Å². The van der Waals surface area contributed by atoms with E-state index in [9.17, 15) is 8.78 Å². The van der Waals surface area contributed by atoms with E-state index in [4.69, 9.17) is 16.0 Å². The fraction of sp³-hybridized carbons (Fsp3) is 0.0385. The summed E-state index contributed by atoms with van der Waals surface area (Å²) < 4.78 is 38.5. The van der Waals surface area contributed by atoms with Gasteiger partial charge in [0.1, 0.15) is 23.1 Å². The molecule has 0 aliphatic carbocycles. The third kappa shape index (κ3) is 4.88. The number of ether oxygens (including phenoxy) is 2. The highest BCUT2D eigenvalue weighted by atomic mass is 19.1. The first-order chi connectivity index (χ1) is 15.1. The summed E-state index contributed by atoms with van der Waals surface area (Å²) in [6.45, 7) is 6.93. The van der Waals surface area contributed by atoms with Crippen LogP contribution >= 0.6 is 0 Å². The summed E-state index contributed by atoms with van der Waals surface area (Å²) in [6, 6.07) is 25.0. The van der Waals surface area contributed by atoms with E-state index < -0.39 is 5.82 Å². The van der Waals surface area contributed by atoms with Gasteiger partial charge in [-0.2, -0.15) is 0 Å². The van der Waals surface area contributed by atoms with E-state index in [0.717, 1.165) is 11.1 Å². The molecule has 0 saturated heterocycles. The van der Waals surface area contributed by atoms with Crippen LogP contribution in [0.15, 0.2) is 91.0 Å². The van der Waals surface area contributed by atoms with Crippen molar-refractivity contribution in [2.45, 2.75) is 0 Å². The Balaban J connectivity index is 1.35. The number of benzene rings is 4. The van der Waals surface area contributed by atoms with Crippen LogP contribution in [0, 0.1) is 18.2 Å². The monoisotopic (exact) mass is 413 g/mol. The molecule has 5 heteroatoms. The van der Waals surface area contributed by atoms with E-state index in [0.29, 0.717) is 28.3 Å². The van der Waals surface area contributed by atoms with Gasteiger partial charge in [-0.25, -0.2) is 13.6 Å². The summed E-state index contributed by atoms with van der Waals surface area (Å²) in [6.07, 6.45) is 0. The molecule has 4 rings (SSSR count). The van der Waals surface area contributed by atoms with E-state index in [-0.39, 0.29) is 12.6 Å². The maximum atomic E-state index is 14.4. The molecule has 0 amide bonds. The molecule has 0 aromatic heterocycles. The van der Waals surface area contributed by atoms with Crippen molar-refractivity contribution in [2.24, 2.45) is 0 Å². The second kappa shape index (κ2) is 9.10. The van der Waals surface area contributed by atoms with Crippen LogP contribution in [0.5, 0.6) is 11.5 Å². The third-order valence-electron chi connectivity index (χ3n) is 4.73. The highest BCUT2D eigenvalue weighted by Crippen LogP contribution is 2.27. The fourth-order valence-electron chi connectivity index (χ4n) is 3.09. The maximum Gasteiger partial charge on any atom is 0.230 e. The summed E-state index contributed by atoms with van der Waals surface area (Å²) in [7, 11) is 0. The van der Waals surface area contributed by atoms with Crippen LogP contribution < -0.4 is 9.47 Å². The predicted octanol–water partition coefficient (Wildman–Crippen LogP) is 7.26. The number of hydrogen-bond donors (Lipinski definition) is 0. The van der Waals surface area contributed by atoms with Crippen molar-refractivity contribution in [2.75, 3.05) is 6.79 Å². The third-order valence-corrected chi connectivity index (χ3v) is 4.73. The van der Waals surface area contributed by atoms with Crippen molar-refractivity contribution in [3.63, 3.8) is 0 Å². The average molecular weight is 413 g/mol. The molecule has 0 fully saturated rings. The zero-order chi connectivity index (χ0) is 21.6. The van der Waals surface area contributed by atoms with E-state index in [1.54, 1.807) is 24.3 Å². The number of hydrogen-bond acceptors (Lipinski definition) is 2. The van der Waals surface area contributed by atoms with Gasteiger partial charge >= 0.3 is 0 Å². The smallest absolute Gasteiger partial charge is 0.230 e. The van der Waals surface area contributed by atoms with E-state index >= 15 is 0 Å². The molecule has 31 heavy (non-hydrogen) atoms. The van der Waals surface area contributed by atoms with Gasteiger partial charge in [0.05, 0.1) is 6.57 Å². The minimum atomic E-state index is -0.460. The van der Waals surface area contributed by atoms with Gasteiger partial charge < -0.3 is 9.47 Å². The summed E-state index contributed by atoms with van der Waals surface area (Å²) in [5, 5.41) is 0. The molecular formula is C26H17F2NO2. The maximum absolute atomic E-state index is 14.4. The van der Waals surface area contributed by atoms with Crippen LogP contribution in [0.25, 0.3) is 27.1 Å². The molecule has 0 N–H and O–H groups in total. The van der Waals surface area contributed by atoms with Crippen molar-refractivity contribution in [1.29, 1.82) is 0 Å². The Morgan fingerprint density at radius 2 is 1.19 bits per heavy atom. The Morgan fingerprint density at radius 1 is 0.645 bits per heavy atom. The average Bonchev–Trinajstić information content (AvgIpc) is 2.80. The minimum absolute atomic E-state index is 0.0750. The predicted molar refractivity (Wildman–Crippen MR) is 116 cm³/mol. The largest absolute Gasteiger partial charge is 0.458 e. The molecule has 0 bridgehead atoms. The minimum Gasteiger partial charge on any atom is -0.458 e. The Labute approximate surface area is 178 Å². The van der Waals surface area contributed by atoms with Crippen molar-refractivity contribution in [1.82, 2.24) is 0 Å². The fourth-order valence-corrected chi connectivity index (χ4v) is 3.09. The molecular weight excluding hydrogens is 396 g/mol. The molecule has 0 aliphatic rings. The standard InChI is InChI=1S/C26H17F2NO2/c1-29-22-10-4-18(5-11-22)19-6-12-23(13-7-19)30-17-31-24-14-15-25(26(28)16-24)20-2-8-21(27)9-3-20/h2-16H,17H2. The van der Waals surface area contributed by atoms with Crippen molar-refractivity contribution >= 4 is 5.69 Å². The summed E-state index contributed by atoms with van der Waals surface area (Å²) >= 11 is 0. The van der Waals surface area contributed by atoms with Crippen LogP contribution in [0.1, 0.15) is 0 Å². The Morgan fingerprint density at radius 3 is 1.81 bits per heavy atom. The topological polar surface area (TPSA) is 22.8 Å².